The highest BCUT2D eigenvalue weighted by Gasteiger charge is 2.48. The van der Waals surface area contributed by atoms with E-state index in [1.165, 1.54) is 245 Å². The summed E-state index contributed by atoms with van der Waals surface area (Å²) in [5, 5.41) is 48.2. The predicted molar refractivity (Wildman–Crippen MR) is 343 cm³/mol. The van der Waals surface area contributed by atoms with Crippen molar-refractivity contribution in [2.75, 3.05) is 190 Å². The number of piperidine rings is 3. The van der Waals surface area contributed by atoms with Crippen molar-refractivity contribution in [3.8, 4) is 0 Å². The van der Waals surface area contributed by atoms with Gasteiger partial charge in [-0.2, -0.15) is 0 Å². The number of carbonyl (C=O) groups is 1. The number of ether oxygens (including phenoxy) is 4. The van der Waals surface area contributed by atoms with Crippen molar-refractivity contribution in [1.82, 2.24) is 79.8 Å². The van der Waals surface area contributed by atoms with Gasteiger partial charge in [0.15, 0.2) is 0 Å². The molecule has 0 aromatic rings. The minimum atomic E-state index is -0.272. The van der Waals surface area contributed by atoms with Crippen LogP contribution in [0.2, 0.25) is 0 Å². The van der Waals surface area contributed by atoms with Crippen LogP contribution in [0.15, 0.2) is 24.4 Å². The van der Waals surface area contributed by atoms with E-state index in [0.29, 0.717) is 29.2 Å². The van der Waals surface area contributed by atoms with Crippen LogP contribution in [0, 0.1) is 34.0 Å². The fourth-order valence-corrected chi connectivity index (χ4v) is 13.2. The van der Waals surface area contributed by atoms with Crippen molar-refractivity contribution in [3.63, 3.8) is 0 Å². The van der Waals surface area contributed by atoms with Gasteiger partial charge in [0.1, 0.15) is 6.10 Å². The van der Waals surface area contributed by atoms with E-state index in [2.05, 4.69) is 92.9 Å². The van der Waals surface area contributed by atoms with Crippen molar-refractivity contribution in [2.45, 2.75) is 158 Å². The number of morpholine rings is 1. The number of hydrogen-bond acceptors (Lipinski definition) is 19. The van der Waals surface area contributed by atoms with E-state index in [4.69, 9.17) is 18.9 Å². The van der Waals surface area contributed by atoms with Gasteiger partial charge in [-0.15, -0.1) is 0 Å². The Morgan fingerprint density at radius 1 is 0.459 bits per heavy atom. The number of fused-ring (bicyclic) bond motifs is 5. The Morgan fingerprint density at radius 3 is 1.21 bits per heavy atom. The van der Waals surface area contributed by atoms with Gasteiger partial charge < -0.3 is 98.7 Å². The average Bonchev–Trinajstić information content (AvgIpc) is 2.22. The smallest absolute Gasteiger partial charge is 0.407 e. The number of amides is 1. The molecule has 21 aliphatic rings. The van der Waals surface area contributed by atoms with E-state index < -0.39 is 0 Å². The summed E-state index contributed by atoms with van der Waals surface area (Å²) in [6, 6.07) is 1.61. The van der Waals surface area contributed by atoms with Crippen LogP contribution in [0.1, 0.15) is 122 Å². The molecule has 1 amide bonds. The van der Waals surface area contributed by atoms with E-state index in [-0.39, 0.29) is 18.2 Å². The lowest BCUT2D eigenvalue weighted by atomic mass is 9.65. The zero-order valence-corrected chi connectivity index (χ0v) is 53.0. The van der Waals surface area contributed by atoms with Crippen LogP contribution in [0.3, 0.4) is 0 Å². The molecule has 0 aromatic carbocycles. The fourth-order valence-electron chi connectivity index (χ4n) is 13.2. The zero-order chi connectivity index (χ0) is 58.7. The molecule has 18 aliphatic heterocycles. The van der Waals surface area contributed by atoms with E-state index >= 15 is 0 Å². The average molecular weight is 1190 g/mol. The molecule has 18 heterocycles. The third kappa shape index (κ3) is 23.6. The van der Waals surface area contributed by atoms with Crippen LogP contribution in [-0.2, 0) is 18.9 Å². The number of alkyl carbamates (subject to hydrolysis) is 1. The van der Waals surface area contributed by atoms with Gasteiger partial charge in [-0.3, -0.25) is 0 Å². The van der Waals surface area contributed by atoms with Gasteiger partial charge in [0.2, 0.25) is 0 Å². The summed E-state index contributed by atoms with van der Waals surface area (Å²) in [6.45, 7) is 41.3. The van der Waals surface area contributed by atoms with Gasteiger partial charge in [-0.05, 0) is 197 Å². The summed E-state index contributed by atoms with van der Waals surface area (Å²) < 4.78 is 20.5. The molecule has 8 unspecified atom stereocenters. The number of allylic oxidation sites excluding steroid dienone is 1. The molecule has 0 aromatic heterocycles. The maximum absolute atomic E-state index is 10.5. The van der Waals surface area contributed by atoms with Gasteiger partial charge in [0, 0.05) is 121 Å². The summed E-state index contributed by atoms with van der Waals surface area (Å²) in [5.41, 5.74) is 5.21. The Balaban J connectivity index is 0.000000111. The largest absolute Gasteiger partial charge is 0.443 e. The summed E-state index contributed by atoms with van der Waals surface area (Å²) in [5.74, 6) is 3.03. The van der Waals surface area contributed by atoms with Gasteiger partial charge in [-0.25, -0.2) is 4.79 Å². The van der Waals surface area contributed by atoms with E-state index in [1.54, 1.807) is 0 Å². The monoisotopic (exact) mass is 1190 g/mol. The Labute approximate surface area is 514 Å². The lowest BCUT2D eigenvalue weighted by Crippen LogP contribution is -2.66. The van der Waals surface area contributed by atoms with Gasteiger partial charge >= 0.3 is 6.09 Å². The Kier molecular flexibility index (Phi) is 28.6. The molecule has 4 spiro atoms. The molecule has 21 rings (SSSR count). The maximum atomic E-state index is 10.5. The molecule has 20 heteroatoms. The molecule has 3 saturated carbocycles. The zero-order valence-electron chi connectivity index (χ0n) is 53.0. The van der Waals surface area contributed by atoms with Crippen molar-refractivity contribution in [2.24, 2.45) is 34.0 Å². The van der Waals surface area contributed by atoms with Crippen LogP contribution >= 0.6 is 0 Å². The summed E-state index contributed by atoms with van der Waals surface area (Å²) >= 11 is 0. The van der Waals surface area contributed by atoms with Crippen LogP contribution < -0.4 is 79.8 Å². The second-order valence-electron chi connectivity index (χ2n) is 28.4. The first-order valence-electron chi connectivity index (χ1n) is 34.8. The molecule has 8 atom stereocenters. The second-order valence-corrected chi connectivity index (χ2v) is 28.4. The van der Waals surface area contributed by atoms with Crippen LogP contribution in [-0.4, -0.2) is 232 Å². The first-order chi connectivity index (χ1) is 41.7. The normalized spacial score (nSPS) is 34.7. The van der Waals surface area contributed by atoms with Crippen LogP contribution in [0.4, 0.5) is 4.79 Å². The molecule has 0 radical (unpaired) electrons. The first kappa shape index (κ1) is 67.3. The molecule has 15 N–H and O–H groups in total. The maximum Gasteiger partial charge on any atom is 0.407 e. The molecular formula is C65H123N15O5. The Morgan fingerprint density at radius 2 is 0.988 bits per heavy atom. The summed E-state index contributed by atoms with van der Waals surface area (Å²) in [6.07, 6.45) is 26.9. The SMILES string of the molecule is C1CC12CNC2.C1CC2(C1)CNC2.C1CC2(CNC2)O1.C1CCNC1.C1CCNCC1.C1CCNCC1.C1CNC1.C1NCC12COC2.C1NCC2CC12.C1OC2CNC1C2.C=C1CC2CNCC2N1.C=C1CCNC1.O=C1NC2CNCC2O1. The number of nitrogens with one attached hydrogen (secondary N) is 15. The van der Waals surface area contributed by atoms with Crippen molar-refractivity contribution in [3.05, 3.63) is 24.4 Å². The molecule has 20 nitrogen and oxygen atoms in total. The van der Waals surface area contributed by atoms with Crippen LogP contribution in [0.5, 0.6) is 0 Å². The third-order valence-corrected chi connectivity index (χ3v) is 20.7. The van der Waals surface area contributed by atoms with Gasteiger partial charge in [0.05, 0.1) is 44.2 Å². The van der Waals surface area contributed by atoms with Gasteiger partial charge in [-0.1, -0.05) is 38.0 Å². The Bertz CT molecular complexity index is 1640. The van der Waals surface area contributed by atoms with Crippen molar-refractivity contribution < 1.29 is 23.7 Å². The minimum absolute atomic E-state index is 0.0810. The topological polar surface area (TPSA) is 234 Å². The second kappa shape index (κ2) is 36.1. The van der Waals surface area contributed by atoms with E-state index in [9.17, 15) is 4.79 Å². The Hall–Kier alpha value is -2.09. The van der Waals surface area contributed by atoms with Crippen molar-refractivity contribution in [1.29, 1.82) is 0 Å². The van der Waals surface area contributed by atoms with Crippen molar-refractivity contribution >= 4 is 6.09 Å². The number of carbonyl (C=O) groups excluding carboxylic acids is 1. The molecule has 3 aliphatic carbocycles. The standard InChI is InChI=1S/C7H12N2.C6H11N.C5H8N2O2.3C5H9NO.3C5H9N.2C5H11N.C4H9N.C3H7N/c1-5-2-6-3-8-4-7(6)9-5;1-2-6(3-1)4-7-5-6;8-5-7-3-1-6-2-4(3)9-5;1-5(2-6-1)3-7-4-5;1-4-3-7-5(1)2-6-4;1-2-7-5(1)3-6-4-5;1-4-2-6-3-5(1)4;1-2-5(1)3-6-4-5;1-5-2-3-6-4-5;2*1-2-4-6-5-3-1;1-2-4-5-3-1;1-2-4-3-1/h6-9H,1-4H2;7H,1-5H2;3-4,6H,1-2H2,(H,7,8);6H,1-4H2;4-6H,1-3H2;6H,1-4H2;4-6H,1-3H2;2*6H,1-4H2;2*6H,1-5H2;5H,1-4H2;4H,1-3H2. The predicted octanol–water partition coefficient (Wildman–Crippen LogP) is 2.01. The van der Waals surface area contributed by atoms with E-state index in [1.807, 2.05) is 0 Å². The molecule has 85 heavy (non-hydrogen) atoms. The molecule has 2 bridgehead atoms. The number of rotatable bonds is 0. The first-order valence-corrected chi connectivity index (χ1v) is 34.8. The molecule has 488 valence electrons. The van der Waals surface area contributed by atoms with Gasteiger partial charge in [0.25, 0.3) is 0 Å². The highest BCUT2D eigenvalue weighted by Crippen LogP contribution is 2.48. The fraction of sp³-hybridized carbons (Fsp3) is 0.923. The highest BCUT2D eigenvalue weighted by atomic mass is 16.6. The molecule has 18 saturated heterocycles. The van der Waals surface area contributed by atoms with E-state index in [0.717, 1.165) is 107 Å². The minimum Gasteiger partial charge on any atom is -0.443 e. The lowest BCUT2D eigenvalue weighted by molar-refractivity contribution is -0.173. The lowest BCUT2D eigenvalue weighted by Gasteiger charge is -2.49. The highest BCUT2D eigenvalue weighted by molar-refractivity contribution is 5.70. The molecular weight excluding hydrogens is 1070 g/mol. The quantitative estimate of drug-likeness (QED) is 0.156. The third-order valence-electron chi connectivity index (χ3n) is 20.7. The summed E-state index contributed by atoms with van der Waals surface area (Å²) in [4.78, 5) is 10.5. The van der Waals surface area contributed by atoms with Crippen LogP contribution in [0.25, 0.3) is 0 Å². The molecule has 21 fully saturated rings. The number of hydrogen-bond donors (Lipinski definition) is 15. The summed E-state index contributed by atoms with van der Waals surface area (Å²) in [7, 11) is 0.